The maximum atomic E-state index is 11.6. The summed E-state index contributed by atoms with van der Waals surface area (Å²) in [4.78, 5) is 11.6. The molecule has 0 radical (unpaired) electrons. The Labute approximate surface area is 147 Å². The van der Waals surface area contributed by atoms with E-state index in [1.165, 1.54) is 24.0 Å². The lowest BCUT2D eigenvalue weighted by Crippen LogP contribution is -2.19. The van der Waals surface area contributed by atoms with Crippen LogP contribution in [-0.4, -0.2) is 17.7 Å². The first-order valence-corrected chi connectivity index (χ1v) is 8.53. The van der Waals surface area contributed by atoms with Gasteiger partial charge in [-0.2, -0.15) is 0 Å². The Balaban J connectivity index is 1.59. The van der Waals surface area contributed by atoms with Crippen molar-refractivity contribution in [3.8, 4) is 0 Å². The lowest BCUT2D eigenvalue weighted by atomic mass is 10.1. The third-order valence-corrected chi connectivity index (χ3v) is 4.21. The summed E-state index contributed by atoms with van der Waals surface area (Å²) in [6.07, 6.45) is 3.54. The molecule has 0 amide bonds. The molecule has 0 bridgehead atoms. The highest BCUT2D eigenvalue weighted by Gasteiger charge is 2.11. The molecule has 0 saturated carbocycles. The van der Waals surface area contributed by atoms with Crippen LogP contribution in [-0.2, 0) is 17.6 Å². The average molecular weight is 340 g/mol. The van der Waals surface area contributed by atoms with E-state index in [9.17, 15) is 4.79 Å². The van der Waals surface area contributed by atoms with Crippen LogP contribution in [0.5, 0.6) is 0 Å². The maximum Gasteiger partial charge on any atom is 0.338 e. The molecule has 0 fully saturated rings. The second kappa shape index (κ2) is 7.45. The first kappa shape index (κ1) is 16.5. The molecule has 0 atom stereocenters. The number of carbonyl (C=O) groups excluding carboxylic acids is 1. The highest BCUT2D eigenvalue weighted by atomic mass is 32.1. The van der Waals surface area contributed by atoms with Crippen molar-refractivity contribution >= 4 is 34.7 Å². The molecule has 2 aromatic rings. The van der Waals surface area contributed by atoms with Crippen LogP contribution in [0.2, 0.25) is 0 Å². The van der Waals surface area contributed by atoms with E-state index >= 15 is 0 Å². The zero-order valence-electron chi connectivity index (χ0n) is 13.6. The molecule has 3 rings (SSSR count). The van der Waals surface area contributed by atoms with Gasteiger partial charge in [0.25, 0.3) is 0 Å². The summed E-state index contributed by atoms with van der Waals surface area (Å²) in [5.74, 6) is -0.317. The fourth-order valence-corrected chi connectivity index (χ4v) is 3.08. The van der Waals surface area contributed by atoms with Gasteiger partial charge in [-0.3, -0.25) is 0 Å². The highest BCUT2D eigenvalue weighted by Crippen LogP contribution is 2.25. The predicted molar refractivity (Wildman–Crippen MR) is 101 cm³/mol. The van der Waals surface area contributed by atoms with Crippen molar-refractivity contribution < 1.29 is 9.53 Å². The molecular weight excluding hydrogens is 320 g/mol. The summed E-state index contributed by atoms with van der Waals surface area (Å²) in [6.45, 7) is 2.16. The van der Waals surface area contributed by atoms with Crippen molar-refractivity contribution in [3.63, 3.8) is 0 Å². The molecule has 1 aliphatic carbocycles. The van der Waals surface area contributed by atoms with Crippen molar-refractivity contribution in [1.82, 2.24) is 0 Å². The lowest BCUT2D eigenvalue weighted by molar-refractivity contribution is 0.0526. The second-order valence-corrected chi connectivity index (χ2v) is 6.12. The Kier molecular flexibility index (Phi) is 5.11. The van der Waals surface area contributed by atoms with Gasteiger partial charge >= 0.3 is 5.97 Å². The zero-order chi connectivity index (χ0) is 16.9. The van der Waals surface area contributed by atoms with E-state index in [2.05, 4.69) is 28.8 Å². The minimum absolute atomic E-state index is 0.317. The Bertz CT molecular complexity index is 756. The number of thiocarbonyl (C=S) groups is 1. The van der Waals surface area contributed by atoms with Crippen LogP contribution in [0.3, 0.4) is 0 Å². The van der Waals surface area contributed by atoms with Crippen LogP contribution < -0.4 is 10.6 Å². The van der Waals surface area contributed by atoms with Crippen LogP contribution in [0.15, 0.2) is 42.5 Å². The number of ether oxygens (including phenoxy) is 1. The Morgan fingerprint density at radius 3 is 2.46 bits per heavy atom. The summed E-state index contributed by atoms with van der Waals surface area (Å²) >= 11 is 5.36. The van der Waals surface area contributed by atoms with E-state index in [-0.39, 0.29) is 5.97 Å². The van der Waals surface area contributed by atoms with E-state index < -0.39 is 0 Å². The third kappa shape index (κ3) is 3.92. The number of carbonyl (C=O) groups is 1. The van der Waals surface area contributed by atoms with E-state index in [1.54, 1.807) is 19.1 Å². The molecule has 124 valence electrons. The third-order valence-electron chi connectivity index (χ3n) is 4.01. The van der Waals surface area contributed by atoms with Crippen LogP contribution >= 0.6 is 12.2 Å². The number of hydrogen-bond acceptors (Lipinski definition) is 3. The van der Waals surface area contributed by atoms with Crippen LogP contribution in [0.4, 0.5) is 11.4 Å². The van der Waals surface area contributed by atoms with Crippen molar-refractivity contribution in [1.29, 1.82) is 0 Å². The van der Waals surface area contributed by atoms with Gasteiger partial charge in [-0.15, -0.1) is 0 Å². The topological polar surface area (TPSA) is 50.4 Å². The SMILES string of the molecule is CCOC(=O)c1ccc(NC(=S)Nc2ccc3c(c2)CCC3)cc1. The first-order valence-electron chi connectivity index (χ1n) is 8.12. The molecule has 2 N–H and O–H groups in total. The number of rotatable bonds is 4. The van der Waals surface area contributed by atoms with Gasteiger partial charge in [-0.05, 0) is 85.9 Å². The lowest BCUT2D eigenvalue weighted by Gasteiger charge is -2.12. The van der Waals surface area contributed by atoms with Crippen molar-refractivity contribution in [3.05, 3.63) is 59.2 Å². The number of benzene rings is 2. The van der Waals surface area contributed by atoms with Crippen LogP contribution in [0.1, 0.15) is 34.8 Å². The minimum Gasteiger partial charge on any atom is -0.462 e. The van der Waals surface area contributed by atoms with Gasteiger partial charge in [0.2, 0.25) is 0 Å². The summed E-state index contributed by atoms with van der Waals surface area (Å²) in [7, 11) is 0. The number of hydrogen-bond donors (Lipinski definition) is 2. The molecule has 5 heteroatoms. The minimum atomic E-state index is -0.317. The smallest absolute Gasteiger partial charge is 0.338 e. The standard InChI is InChI=1S/C19H20N2O2S/c1-2-23-18(22)14-7-9-16(10-8-14)20-19(24)21-17-11-6-13-4-3-5-15(13)12-17/h6-12H,2-5H2,1H3,(H2,20,21,24). The second-order valence-electron chi connectivity index (χ2n) is 5.71. The average Bonchev–Trinajstić information content (AvgIpc) is 3.03. The van der Waals surface area contributed by atoms with E-state index in [0.717, 1.165) is 17.8 Å². The van der Waals surface area contributed by atoms with E-state index in [4.69, 9.17) is 17.0 Å². The van der Waals surface area contributed by atoms with Crippen molar-refractivity contribution in [2.45, 2.75) is 26.2 Å². The molecule has 0 spiro atoms. The Morgan fingerprint density at radius 2 is 1.71 bits per heavy atom. The quantitative estimate of drug-likeness (QED) is 0.646. The molecule has 0 aliphatic heterocycles. The van der Waals surface area contributed by atoms with E-state index in [1.807, 2.05) is 12.1 Å². The fraction of sp³-hybridized carbons (Fsp3) is 0.263. The fourth-order valence-electron chi connectivity index (χ4n) is 2.85. The van der Waals surface area contributed by atoms with E-state index in [0.29, 0.717) is 17.3 Å². The summed E-state index contributed by atoms with van der Waals surface area (Å²) in [6, 6.07) is 13.5. The van der Waals surface area contributed by atoms with Gasteiger partial charge in [0.1, 0.15) is 0 Å². The number of nitrogens with one attached hydrogen (secondary N) is 2. The number of aryl methyl sites for hydroxylation is 2. The molecule has 4 nitrogen and oxygen atoms in total. The Morgan fingerprint density at radius 1 is 1.04 bits per heavy atom. The van der Waals surface area contributed by atoms with Gasteiger partial charge in [0, 0.05) is 11.4 Å². The van der Waals surface area contributed by atoms with Crippen LogP contribution in [0, 0.1) is 0 Å². The summed E-state index contributed by atoms with van der Waals surface area (Å²) in [5.41, 5.74) is 5.19. The summed E-state index contributed by atoms with van der Waals surface area (Å²) < 4.78 is 4.97. The monoisotopic (exact) mass is 340 g/mol. The molecule has 0 aromatic heterocycles. The Hall–Kier alpha value is -2.40. The molecule has 0 saturated heterocycles. The first-order chi connectivity index (χ1) is 11.7. The molecule has 1 aliphatic rings. The summed E-state index contributed by atoms with van der Waals surface area (Å²) in [5, 5.41) is 6.86. The van der Waals surface area contributed by atoms with Gasteiger partial charge in [0.05, 0.1) is 12.2 Å². The molecular formula is C19H20N2O2S. The number of esters is 1. The number of anilines is 2. The molecule has 0 unspecified atom stereocenters. The zero-order valence-corrected chi connectivity index (χ0v) is 14.4. The van der Waals surface area contributed by atoms with Crippen molar-refractivity contribution in [2.24, 2.45) is 0 Å². The van der Waals surface area contributed by atoms with Gasteiger partial charge < -0.3 is 15.4 Å². The van der Waals surface area contributed by atoms with Crippen molar-refractivity contribution in [2.75, 3.05) is 17.2 Å². The maximum absolute atomic E-state index is 11.6. The van der Waals surface area contributed by atoms with Gasteiger partial charge in [0.15, 0.2) is 5.11 Å². The van der Waals surface area contributed by atoms with Gasteiger partial charge in [-0.1, -0.05) is 6.07 Å². The predicted octanol–water partition coefficient (Wildman–Crippen LogP) is 4.16. The van der Waals surface area contributed by atoms with Crippen LogP contribution in [0.25, 0.3) is 0 Å². The van der Waals surface area contributed by atoms with Gasteiger partial charge in [-0.25, -0.2) is 4.79 Å². The molecule has 2 aromatic carbocycles. The highest BCUT2D eigenvalue weighted by molar-refractivity contribution is 7.80. The molecule has 0 heterocycles. The molecule has 24 heavy (non-hydrogen) atoms. The largest absolute Gasteiger partial charge is 0.462 e. The normalized spacial score (nSPS) is 12.4. The number of fused-ring (bicyclic) bond motifs is 1.